The van der Waals surface area contributed by atoms with Crippen molar-refractivity contribution in [2.75, 3.05) is 76.6 Å². The lowest BCUT2D eigenvalue weighted by molar-refractivity contribution is -0.144. The first-order valence-corrected chi connectivity index (χ1v) is 29.8. The zero-order valence-corrected chi connectivity index (χ0v) is 49.7. The normalized spacial score (nSPS) is 15.5. The van der Waals surface area contributed by atoms with Crippen LogP contribution in [0, 0.1) is 23.7 Å². The molecule has 19 nitrogen and oxygen atoms in total. The van der Waals surface area contributed by atoms with E-state index in [1.54, 1.807) is 29.5 Å². The second-order valence-electron chi connectivity index (χ2n) is 21.4. The number of thiazole rings is 1. The maximum absolute atomic E-state index is 14.2. The highest BCUT2D eigenvalue weighted by Crippen LogP contribution is 2.39. The summed E-state index contributed by atoms with van der Waals surface area (Å²) in [5.74, 6) is -0.653. The van der Waals surface area contributed by atoms with Crippen LogP contribution in [0.5, 0.6) is 11.5 Å². The molecule has 0 saturated carbocycles. The minimum absolute atomic E-state index is 0.0465. The summed E-state index contributed by atoms with van der Waals surface area (Å²) >= 11 is 13.8. The molecule has 0 unspecified atom stereocenters. The van der Waals surface area contributed by atoms with Crippen molar-refractivity contribution in [1.29, 1.82) is 5.26 Å². The second kappa shape index (κ2) is 29.1. The Kier molecular flexibility index (Phi) is 23.0. The molecule has 432 valence electrons. The maximum Gasteiger partial charge on any atom is 0.246 e. The average molecular weight is 1180 g/mol. The number of nitrogens with one attached hydrogen (secondary N) is 3. The SMILES string of the molecule is Cc1ncsc1-c1ccc([C@H](CN(C)C)NC(=O)[C@@H]2C[C@@H](O)CN2C(=O)[C@@H](NC(=O)COCCCCCOCCS(=O)(=O)Nc2nccc(COc3ccc(C(C)(C)c4cc(Cl)c(OCCCl)c(C#N)c4)cc3)n2)C(C)(C)C)cc1. The number of amides is 3. The third-order valence-corrected chi connectivity index (χ3v) is 16.0. The number of hydrogen-bond acceptors (Lipinski definition) is 16. The fourth-order valence-electron chi connectivity index (χ4n) is 8.99. The number of rotatable bonds is 29. The molecule has 1 aliphatic heterocycles. The van der Waals surface area contributed by atoms with Crippen LogP contribution in [0.25, 0.3) is 10.4 Å². The summed E-state index contributed by atoms with van der Waals surface area (Å²) in [6.45, 7) is 12.4. The van der Waals surface area contributed by atoms with Crippen LogP contribution in [0.15, 0.2) is 78.4 Å². The van der Waals surface area contributed by atoms with Crippen molar-refractivity contribution in [2.45, 2.75) is 103 Å². The van der Waals surface area contributed by atoms with E-state index in [0.717, 1.165) is 32.8 Å². The number of carbonyl (C=O) groups is 3. The van der Waals surface area contributed by atoms with Crippen LogP contribution in [0.4, 0.5) is 5.95 Å². The Morgan fingerprint density at radius 1 is 0.925 bits per heavy atom. The number of aryl methyl sites for hydroxylation is 1. The molecule has 1 fully saturated rings. The Bertz CT molecular complexity index is 3020. The van der Waals surface area contributed by atoms with E-state index in [1.165, 1.54) is 11.1 Å². The molecular weight excluding hydrogens is 1110 g/mol. The van der Waals surface area contributed by atoms with Crippen molar-refractivity contribution in [3.05, 3.63) is 117 Å². The van der Waals surface area contributed by atoms with Crippen LogP contribution in [0.2, 0.25) is 5.02 Å². The van der Waals surface area contributed by atoms with Crippen molar-refractivity contribution in [1.82, 2.24) is 35.4 Å². The highest BCUT2D eigenvalue weighted by Gasteiger charge is 2.45. The number of likely N-dealkylation sites (N-methyl/N-ethyl adjacent to an activating group) is 1. The maximum atomic E-state index is 14.2. The fourth-order valence-corrected chi connectivity index (χ4v) is 11.0. The highest BCUT2D eigenvalue weighted by molar-refractivity contribution is 7.92. The lowest BCUT2D eigenvalue weighted by atomic mass is 9.77. The van der Waals surface area contributed by atoms with Crippen LogP contribution in [0.3, 0.4) is 0 Å². The first-order valence-electron chi connectivity index (χ1n) is 26.4. The van der Waals surface area contributed by atoms with Gasteiger partial charge in [0.1, 0.15) is 43.7 Å². The number of benzene rings is 3. The fraction of sp³-hybridized carbons (Fsp3) is 0.491. The first-order chi connectivity index (χ1) is 38.0. The van der Waals surface area contributed by atoms with Gasteiger partial charge in [0, 0.05) is 44.3 Å². The summed E-state index contributed by atoms with van der Waals surface area (Å²) < 4.78 is 51.0. The molecule has 1 saturated heterocycles. The number of hydrogen-bond donors (Lipinski definition) is 4. The van der Waals surface area contributed by atoms with Crippen molar-refractivity contribution in [2.24, 2.45) is 5.41 Å². The standard InChI is InChI=1S/C57H73Cl2N9O10S2/c1-37-51(79-36-62-37)39-14-12-38(13-15-39)47(33-67(7)8)64-53(71)48-30-44(69)32-68(48)54(72)52(56(2,3)4)65-49(70)35-76-24-11-9-10-23-75-26-27-80(73,74)66-55-61-22-20-43(63-55)34-78-45-18-16-41(17-19-45)57(5,6)42-28-40(31-60)50(46(59)29-42)77-25-21-58/h12-20,22,28-29,36,44,47-48,52,69H,9-11,21,23-27,30,32-35H2,1-8H3,(H,64,71)(H,65,70)(H,61,63,66)/t44-,47+,48+,52-/m1/s1. The Morgan fingerprint density at radius 2 is 1.64 bits per heavy atom. The van der Waals surface area contributed by atoms with Gasteiger partial charge in [-0.05, 0) is 98.3 Å². The summed E-state index contributed by atoms with van der Waals surface area (Å²) in [6, 6.07) is 20.4. The van der Waals surface area contributed by atoms with Gasteiger partial charge in [0.25, 0.3) is 0 Å². The Morgan fingerprint density at radius 3 is 2.29 bits per heavy atom. The number of aromatic nitrogens is 3. The number of unbranched alkanes of at least 4 members (excludes halogenated alkanes) is 2. The summed E-state index contributed by atoms with van der Waals surface area (Å²) in [5, 5.41) is 26.8. The number of carbonyl (C=O) groups excluding carboxylic acids is 3. The zero-order valence-electron chi connectivity index (χ0n) is 46.6. The molecule has 3 amide bonds. The quantitative estimate of drug-likeness (QED) is 0.0263. The number of ether oxygens (including phenoxy) is 4. The van der Waals surface area contributed by atoms with Crippen LogP contribution in [-0.4, -0.2) is 146 Å². The van der Waals surface area contributed by atoms with Crippen LogP contribution < -0.4 is 24.8 Å². The molecular formula is C57H73Cl2N9O10S2. The van der Waals surface area contributed by atoms with Gasteiger partial charge in [-0.1, -0.05) is 82.6 Å². The molecule has 23 heteroatoms. The van der Waals surface area contributed by atoms with Gasteiger partial charge in [-0.3, -0.25) is 19.1 Å². The number of nitriles is 1. The molecule has 0 bridgehead atoms. The van der Waals surface area contributed by atoms with E-state index in [0.29, 0.717) is 60.2 Å². The molecule has 6 rings (SSSR count). The topological polar surface area (TPSA) is 248 Å². The summed E-state index contributed by atoms with van der Waals surface area (Å²) in [5.41, 5.74) is 5.94. The van der Waals surface area contributed by atoms with Crippen molar-refractivity contribution in [3.8, 4) is 28.0 Å². The summed E-state index contributed by atoms with van der Waals surface area (Å²) in [7, 11) is -0.0132. The number of sulfonamides is 1. The number of likely N-dealkylation sites (tertiary alicyclic amines) is 1. The van der Waals surface area contributed by atoms with E-state index >= 15 is 0 Å². The molecule has 2 aromatic heterocycles. The summed E-state index contributed by atoms with van der Waals surface area (Å²) in [6.07, 6.45) is 2.50. The molecule has 3 heterocycles. The smallest absolute Gasteiger partial charge is 0.246 e. The zero-order chi connectivity index (χ0) is 58.2. The monoisotopic (exact) mass is 1180 g/mol. The van der Waals surface area contributed by atoms with E-state index in [1.807, 2.05) is 115 Å². The van der Waals surface area contributed by atoms with Gasteiger partial charge in [0.2, 0.25) is 33.7 Å². The Hall–Kier alpha value is -5.96. The largest absolute Gasteiger partial charge is 0.489 e. The van der Waals surface area contributed by atoms with Gasteiger partial charge >= 0.3 is 0 Å². The number of halogens is 2. The average Bonchev–Trinajstić information content (AvgIpc) is 4.07. The van der Waals surface area contributed by atoms with E-state index < -0.39 is 62.8 Å². The van der Waals surface area contributed by atoms with Crippen LogP contribution >= 0.6 is 34.5 Å². The van der Waals surface area contributed by atoms with Gasteiger partial charge in [0.05, 0.1) is 62.7 Å². The number of anilines is 1. The second-order valence-corrected chi connectivity index (χ2v) is 24.9. The third kappa shape index (κ3) is 18.0. The van der Waals surface area contributed by atoms with Crippen LogP contribution in [0.1, 0.15) is 100.0 Å². The molecule has 80 heavy (non-hydrogen) atoms. The Balaban J connectivity index is 0.878. The first kappa shape index (κ1) is 63.2. The van der Waals surface area contributed by atoms with E-state index in [2.05, 4.69) is 36.4 Å². The molecule has 0 spiro atoms. The third-order valence-electron chi connectivity index (χ3n) is 13.4. The minimum atomic E-state index is -3.84. The molecule has 0 aliphatic carbocycles. The van der Waals surface area contributed by atoms with Crippen molar-refractivity contribution in [3.63, 3.8) is 0 Å². The minimum Gasteiger partial charge on any atom is -0.489 e. The van der Waals surface area contributed by atoms with Gasteiger partial charge in [0.15, 0.2) is 5.75 Å². The number of alkyl halides is 1. The van der Waals surface area contributed by atoms with E-state index in [4.69, 9.17) is 42.1 Å². The van der Waals surface area contributed by atoms with Crippen molar-refractivity contribution >= 4 is 68.2 Å². The predicted molar refractivity (Wildman–Crippen MR) is 309 cm³/mol. The molecule has 5 aromatic rings. The molecule has 1 aliphatic rings. The molecule has 4 atom stereocenters. The number of nitrogens with zero attached hydrogens (tertiary/aromatic N) is 6. The number of aliphatic hydroxyl groups excluding tert-OH is 1. The van der Waals surface area contributed by atoms with Crippen LogP contribution in [-0.2, 0) is 45.9 Å². The van der Waals surface area contributed by atoms with Gasteiger partial charge in [-0.2, -0.15) is 5.26 Å². The van der Waals surface area contributed by atoms with Gasteiger partial charge in [-0.25, -0.2) is 23.4 Å². The van der Waals surface area contributed by atoms with Gasteiger partial charge < -0.3 is 44.5 Å². The Labute approximate surface area is 483 Å². The molecule has 0 radical (unpaired) electrons. The van der Waals surface area contributed by atoms with E-state index in [-0.39, 0.29) is 63.6 Å². The molecule has 3 aromatic carbocycles. The van der Waals surface area contributed by atoms with E-state index in [9.17, 15) is 33.2 Å². The summed E-state index contributed by atoms with van der Waals surface area (Å²) in [4.78, 5) is 58.6. The highest BCUT2D eigenvalue weighted by atomic mass is 35.5. The van der Waals surface area contributed by atoms with Gasteiger partial charge in [-0.15, -0.1) is 22.9 Å². The number of β-amino-alcohol motifs (C(OH)–C–C–N with tert-alkyl or cyclic N) is 1. The number of aliphatic hydroxyl groups is 1. The van der Waals surface area contributed by atoms with Crippen molar-refractivity contribution < 1.29 is 46.9 Å². The molecule has 4 N–H and O–H groups in total. The lowest BCUT2D eigenvalue weighted by Crippen LogP contribution is -2.58. The lowest BCUT2D eigenvalue weighted by Gasteiger charge is -2.35. The predicted octanol–water partition coefficient (Wildman–Crippen LogP) is 7.81.